The van der Waals surface area contributed by atoms with Crippen LogP contribution in [-0.2, 0) is 14.3 Å². The molecule has 0 aromatic heterocycles. The molecule has 0 saturated carbocycles. The monoisotopic (exact) mass is 376 g/mol. The molecule has 1 fully saturated rings. The molecular formula is C19H20O3Se. The van der Waals surface area contributed by atoms with Gasteiger partial charge in [-0.2, -0.15) is 0 Å². The number of hydrogen-bond donors (Lipinski definition) is 0. The average molecular weight is 375 g/mol. The first-order chi connectivity index (χ1) is 11.2. The summed E-state index contributed by atoms with van der Waals surface area (Å²) in [7, 11) is 1.46. The van der Waals surface area contributed by atoms with Gasteiger partial charge in [0.05, 0.1) is 0 Å². The molecule has 3 nitrogen and oxygen atoms in total. The fourth-order valence-corrected chi connectivity index (χ4v) is 5.70. The molecule has 1 aliphatic rings. The predicted octanol–water partition coefficient (Wildman–Crippen LogP) is 2.75. The number of esters is 1. The molecule has 0 amide bonds. The van der Waals surface area contributed by atoms with Crippen molar-refractivity contribution in [3.63, 3.8) is 0 Å². The molecule has 2 aromatic rings. The summed E-state index contributed by atoms with van der Waals surface area (Å²) < 4.78 is 12.6. The Morgan fingerprint density at radius 1 is 1.04 bits per heavy atom. The van der Waals surface area contributed by atoms with Crippen LogP contribution in [0.2, 0.25) is 4.82 Å². The van der Waals surface area contributed by atoms with Gasteiger partial charge in [-0.15, -0.1) is 0 Å². The Kier molecular flexibility index (Phi) is 5.16. The van der Waals surface area contributed by atoms with Crippen LogP contribution in [0.4, 0.5) is 0 Å². The minimum absolute atomic E-state index is 0.0320. The first-order valence-corrected chi connectivity index (χ1v) is 9.55. The van der Waals surface area contributed by atoms with E-state index in [-0.39, 0.29) is 43.9 Å². The van der Waals surface area contributed by atoms with E-state index in [9.17, 15) is 4.79 Å². The summed E-state index contributed by atoms with van der Waals surface area (Å²) in [5.41, 5.74) is 1.04. The van der Waals surface area contributed by atoms with Gasteiger partial charge in [-0.05, 0) is 0 Å². The van der Waals surface area contributed by atoms with Crippen molar-refractivity contribution in [2.75, 3.05) is 7.11 Å². The molecule has 2 aromatic carbocycles. The van der Waals surface area contributed by atoms with Crippen LogP contribution in [0.25, 0.3) is 0 Å². The summed E-state index contributed by atoms with van der Waals surface area (Å²) in [4.78, 5) is 12.6. The van der Waals surface area contributed by atoms with Gasteiger partial charge in [0, 0.05) is 0 Å². The van der Waals surface area contributed by atoms with E-state index in [0.717, 1.165) is 5.56 Å². The molecule has 0 spiro atoms. The molecule has 0 aliphatic carbocycles. The molecule has 23 heavy (non-hydrogen) atoms. The van der Waals surface area contributed by atoms with Gasteiger partial charge in [-0.3, -0.25) is 0 Å². The first-order valence-electron chi connectivity index (χ1n) is 7.70. The second-order valence-corrected chi connectivity index (χ2v) is 8.24. The molecule has 0 unspecified atom stereocenters. The molecule has 4 atom stereocenters. The topological polar surface area (TPSA) is 35.5 Å². The van der Waals surface area contributed by atoms with Gasteiger partial charge in [0.2, 0.25) is 0 Å². The average Bonchev–Trinajstić information content (AvgIpc) is 2.92. The molecular weight excluding hydrogens is 355 g/mol. The third-order valence-electron chi connectivity index (χ3n) is 4.12. The van der Waals surface area contributed by atoms with Crippen molar-refractivity contribution < 1.29 is 14.3 Å². The Hall–Kier alpha value is -1.61. The number of methoxy groups -OCH3 is 1. The SMILES string of the molecule is COC(=O)[C@@H]1[C@@H]([Se]c2ccccc2)[C@H](C)O[C@@H]1c1ccccc1. The van der Waals surface area contributed by atoms with Crippen LogP contribution in [0, 0.1) is 5.92 Å². The Balaban J connectivity index is 1.90. The standard InChI is InChI=1S/C19H20O3Se/c1-13-18(23-15-11-7-4-8-12-15)16(19(20)21-2)17(22-13)14-9-5-3-6-10-14/h3-13,16-18H,1-2H3/t13-,16-,17+,18-/m0/s1. The number of benzene rings is 2. The van der Waals surface area contributed by atoms with Crippen LogP contribution in [0.15, 0.2) is 60.7 Å². The van der Waals surface area contributed by atoms with Gasteiger partial charge in [-0.25, -0.2) is 0 Å². The predicted molar refractivity (Wildman–Crippen MR) is 90.8 cm³/mol. The summed E-state index contributed by atoms with van der Waals surface area (Å²) in [6.45, 7) is 2.06. The van der Waals surface area contributed by atoms with E-state index in [0.29, 0.717) is 0 Å². The molecule has 3 rings (SSSR count). The van der Waals surface area contributed by atoms with E-state index in [1.807, 2.05) is 48.5 Å². The fourth-order valence-electron chi connectivity index (χ4n) is 3.01. The second-order valence-electron chi connectivity index (χ2n) is 5.62. The Labute approximate surface area is 143 Å². The second kappa shape index (κ2) is 7.31. The van der Waals surface area contributed by atoms with E-state index in [2.05, 4.69) is 19.1 Å². The molecule has 4 heteroatoms. The van der Waals surface area contributed by atoms with Crippen molar-refractivity contribution in [2.24, 2.45) is 5.92 Å². The molecule has 0 bridgehead atoms. The summed E-state index contributed by atoms with van der Waals surface area (Å²) in [5, 5.41) is 0. The van der Waals surface area contributed by atoms with Crippen LogP contribution in [-0.4, -0.2) is 34.1 Å². The number of carbonyl (C=O) groups is 1. The Bertz CT molecular complexity index is 644. The van der Waals surface area contributed by atoms with Crippen molar-refractivity contribution in [2.45, 2.75) is 23.9 Å². The third-order valence-corrected chi connectivity index (χ3v) is 7.25. The van der Waals surface area contributed by atoms with E-state index < -0.39 is 0 Å². The zero-order valence-electron chi connectivity index (χ0n) is 13.2. The minimum atomic E-state index is -0.252. The normalized spacial score (nSPS) is 26.9. The fraction of sp³-hybridized carbons (Fsp3) is 0.316. The van der Waals surface area contributed by atoms with Crippen molar-refractivity contribution in [1.29, 1.82) is 0 Å². The summed E-state index contributed by atoms with van der Waals surface area (Å²) in [6, 6.07) is 20.3. The van der Waals surface area contributed by atoms with E-state index in [1.165, 1.54) is 11.6 Å². The Morgan fingerprint density at radius 3 is 2.26 bits per heavy atom. The zero-order valence-corrected chi connectivity index (χ0v) is 14.9. The van der Waals surface area contributed by atoms with E-state index >= 15 is 0 Å². The van der Waals surface area contributed by atoms with Crippen LogP contribution >= 0.6 is 0 Å². The van der Waals surface area contributed by atoms with Crippen LogP contribution in [0.3, 0.4) is 0 Å². The zero-order chi connectivity index (χ0) is 16.2. The van der Waals surface area contributed by atoms with Gasteiger partial charge < -0.3 is 0 Å². The Morgan fingerprint density at radius 2 is 1.65 bits per heavy atom. The van der Waals surface area contributed by atoms with Crippen LogP contribution < -0.4 is 4.46 Å². The summed E-state index contributed by atoms with van der Waals surface area (Å²) >= 11 is 0.156. The van der Waals surface area contributed by atoms with E-state index in [1.54, 1.807) is 0 Å². The molecule has 0 radical (unpaired) electrons. The van der Waals surface area contributed by atoms with Crippen molar-refractivity contribution in [1.82, 2.24) is 0 Å². The molecule has 1 heterocycles. The number of hydrogen-bond acceptors (Lipinski definition) is 3. The maximum atomic E-state index is 12.5. The molecule has 0 N–H and O–H groups in total. The maximum absolute atomic E-state index is 12.5. The van der Waals surface area contributed by atoms with Crippen molar-refractivity contribution in [3.05, 3.63) is 66.2 Å². The van der Waals surface area contributed by atoms with Gasteiger partial charge >= 0.3 is 143 Å². The summed E-state index contributed by atoms with van der Waals surface area (Å²) in [5.74, 6) is -0.427. The number of ether oxygens (including phenoxy) is 2. The van der Waals surface area contributed by atoms with Gasteiger partial charge in [0.25, 0.3) is 0 Å². The van der Waals surface area contributed by atoms with Crippen molar-refractivity contribution >= 4 is 25.4 Å². The number of rotatable bonds is 4. The van der Waals surface area contributed by atoms with Gasteiger partial charge in [0.15, 0.2) is 0 Å². The molecule has 120 valence electrons. The van der Waals surface area contributed by atoms with Crippen molar-refractivity contribution in [3.8, 4) is 0 Å². The molecule has 1 aliphatic heterocycles. The van der Waals surface area contributed by atoms with Gasteiger partial charge in [-0.1, -0.05) is 0 Å². The summed E-state index contributed by atoms with van der Waals surface area (Å²) in [6.07, 6.45) is -0.196. The number of carbonyl (C=O) groups excluding carboxylic acids is 1. The quantitative estimate of drug-likeness (QED) is 0.609. The third kappa shape index (κ3) is 3.50. The van der Waals surface area contributed by atoms with Crippen LogP contribution in [0.1, 0.15) is 18.6 Å². The van der Waals surface area contributed by atoms with Crippen LogP contribution in [0.5, 0.6) is 0 Å². The van der Waals surface area contributed by atoms with Gasteiger partial charge in [0.1, 0.15) is 0 Å². The first kappa shape index (κ1) is 16.3. The van der Waals surface area contributed by atoms with E-state index in [4.69, 9.17) is 9.47 Å². The molecule has 1 saturated heterocycles.